The molecule has 0 spiro atoms. The molecule has 2 aromatic carbocycles. The minimum atomic E-state index is -0.441. The largest absolute Gasteiger partial charge is 0.371 e. The molecule has 0 saturated carbocycles. The number of halogens is 1. The summed E-state index contributed by atoms with van der Waals surface area (Å²) in [6.07, 6.45) is 3.52. The summed E-state index contributed by atoms with van der Waals surface area (Å²) < 4.78 is 0.875. The molecule has 0 saturated heterocycles. The Bertz CT molecular complexity index is 853. The predicted octanol–water partition coefficient (Wildman–Crippen LogP) is 4.75. The van der Waals surface area contributed by atoms with E-state index in [-0.39, 0.29) is 11.6 Å². The van der Waals surface area contributed by atoms with Crippen LogP contribution in [-0.2, 0) is 0 Å². The number of carbonyl (C=O) groups is 1. The Morgan fingerprint density at radius 3 is 2.57 bits per heavy atom. The molecule has 0 aromatic heterocycles. The van der Waals surface area contributed by atoms with Crippen molar-refractivity contribution >= 4 is 39.4 Å². The number of nitrogens with one attached hydrogen (secondary N) is 1. The Morgan fingerprint density at radius 2 is 1.96 bits per heavy atom. The lowest BCUT2D eigenvalue weighted by Gasteiger charge is -2.24. The van der Waals surface area contributed by atoms with Crippen molar-refractivity contribution in [3.63, 3.8) is 0 Å². The van der Waals surface area contributed by atoms with Gasteiger partial charge in [0.2, 0.25) is 0 Å². The van der Waals surface area contributed by atoms with E-state index in [0.717, 1.165) is 36.1 Å². The van der Waals surface area contributed by atoms with Crippen molar-refractivity contribution in [2.24, 2.45) is 5.10 Å². The van der Waals surface area contributed by atoms with E-state index in [1.807, 2.05) is 6.92 Å². The monoisotopic (exact) mass is 446 g/mol. The zero-order valence-corrected chi connectivity index (χ0v) is 17.5. The number of benzene rings is 2. The lowest BCUT2D eigenvalue weighted by Crippen LogP contribution is -2.25. The van der Waals surface area contributed by atoms with Crippen LogP contribution >= 0.6 is 15.9 Å². The fourth-order valence-electron chi connectivity index (χ4n) is 2.67. The van der Waals surface area contributed by atoms with Crippen molar-refractivity contribution in [1.29, 1.82) is 0 Å². The minimum absolute atomic E-state index is 0.0176. The Kier molecular flexibility index (Phi) is 8.13. The Balaban J connectivity index is 2.24. The number of nitro groups is 1. The topological polar surface area (TPSA) is 87.8 Å². The minimum Gasteiger partial charge on any atom is -0.371 e. The molecule has 1 amide bonds. The average Bonchev–Trinajstić information content (AvgIpc) is 2.69. The van der Waals surface area contributed by atoms with Crippen LogP contribution in [0.25, 0.3) is 0 Å². The van der Waals surface area contributed by atoms with E-state index in [4.69, 9.17) is 0 Å². The van der Waals surface area contributed by atoms with Crippen molar-refractivity contribution in [2.45, 2.75) is 26.7 Å². The number of carbonyl (C=O) groups excluding carboxylic acids is 1. The van der Waals surface area contributed by atoms with Gasteiger partial charge in [0.15, 0.2) is 0 Å². The second-order valence-corrected chi connectivity index (χ2v) is 7.06. The number of anilines is 1. The molecular weight excluding hydrogens is 424 g/mol. The second kappa shape index (κ2) is 10.6. The smallest absolute Gasteiger partial charge is 0.271 e. The lowest BCUT2D eigenvalue weighted by atomic mass is 10.1. The van der Waals surface area contributed by atoms with Gasteiger partial charge >= 0.3 is 0 Å². The average molecular weight is 447 g/mol. The van der Waals surface area contributed by atoms with Gasteiger partial charge in [0.1, 0.15) is 0 Å². The first-order valence-electron chi connectivity index (χ1n) is 9.08. The highest BCUT2D eigenvalue weighted by atomic mass is 79.9. The molecule has 0 radical (unpaired) electrons. The molecule has 0 aliphatic rings. The van der Waals surface area contributed by atoms with E-state index >= 15 is 0 Å². The lowest BCUT2D eigenvalue weighted by molar-refractivity contribution is -0.384. The maximum atomic E-state index is 12.2. The van der Waals surface area contributed by atoms with Gasteiger partial charge in [-0.15, -0.1) is 0 Å². The Hall–Kier alpha value is -2.74. The van der Waals surface area contributed by atoms with Crippen LogP contribution in [0.4, 0.5) is 11.4 Å². The van der Waals surface area contributed by atoms with Gasteiger partial charge in [-0.2, -0.15) is 5.10 Å². The maximum Gasteiger partial charge on any atom is 0.271 e. The van der Waals surface area contributed by atoms with Crippen molar-refractivity contribution in [3.05, 3.63) is 68.2 Å². The molecule has 0 unspecified atom stereocenters. The Morgan fingerprint density at radius 1 is 1.25 bits per heavy atom. The van der Waals surface area contributed by atoms with Crippen LogP contribution in [0.1, 0.15) is 42.6 Å². The quantitative estimate of drug-likeness (QED) is 0.342. The summed E-state index contributed by atoms with van der Waals surface area (Å²) in [4.78, 5) is 25.0. The zero-order chi connectivity index (χ0) is 20.5. The molecule has 0 atom stereocenters. The number of nitro benzene ring substituents is 1. The number of nitrogens with zero attached hydrogens (tertiary/aromatic N) is 3. The summed E-state index contributed by atoms with van der Waals surface area (Å²) in [5.74, 6) is -0.353. The summed E-state index contributed by atoms with van der Waals surface area (Å²) in [5, 5.41) is 15.2. The van der Waals surface area contributed by atoms with Crippen molar-refractivity contribution in [3.8, 4) is 0 Å². The number of unbranched alkanes of at least 4 members (excludes halogenated alkanes) is 1. The Labute approximate surface area is 172 Å². The van der Waals surface area contributed by atoms with E-state index in [2.05, 4.69) is 38.3 Å². The molecule has 7 nitrogen and oxygen atoms in total. The molecule has 0 bridgehead atoms. The first kappa shape index (κ1) is 21.6. The van der Waals surface area contributed by atoms with Gasteiger partial charge in [-0.3, -0.25) is 14.9 Å². The summed E-state index contributed by atoms with van der Waals surface area (Å²) in [5.41, 5.74) is 4.36. The van der Waals surface area contributed by atoms with E-state index in [9.17, 15) is 14.9 Å². The zero-order valence-electron chi connectivity index (χ0n) is 15.9. The number of hydrogen-bond donors (Lipinski definition) is 1. The first-order valence-corrected chi connectivity index (χ1v) is 9.88. The van der Waals surface area contributed by atoms with Crippen LogP contribution in [0.15, 0.2) is 52.0 Å². The van der Waals surface area contributed by atoms with Crippen molar-refractivity contribution in [2.75, 3.05) is 18.0 Å². The predicted molar refractivity (Wildman–Crippen MR) is 115 cm³/mol. The number of hydrogen-bond acceptors (Lipinski definition) is 5. The fourth-order valence-corrected chi connectivity index (χ4v) is 2.94. The van der Waals surface area contributed by atoms with Crippen LogP contribution in [0, 0.1) is 10.1 Å². The standard InChI is InChI=1S/C20H23BrN4O3/c1-3-5-12-24(4-2)19-11-10-18(25(27)28)13-16(19)14-22-23-20(26)15-6-8-17(21)9-7-15/h6-11,13-14H,3-5,12H2,1-2H3,(H,23,26). The summed E-state index contributed by atoms with van der Waals surface area (Å²) in [7, 11) is 0. The van der Waals surface area contributed by atoms with E-state index in [1.165, 1.54) is 18.3 Å². The third-order valence-corrected chi connectivity index (χ3v) is 4.73. The molecule has 8 heteroatoms. The molecule has 148 valence electrons. The molecule has 1 N–H and O–H groups in total. The fraction of sp³-hybridized carbons (Fsp3) is 0.300. The van der Waals surface area contributed by atoms with Crippen LogP contribution in [0.3, 0.4) is 0 Å². The van der Waals surface area contributed by atoms with Crippen molar-refractivity contribution < 1.29 is 9.72 Å². The van der Waals surface area contributed by atoms with Gasteiger partial charge in [0, 0.05) is 46.5 Å². The van der Waals surface area contributed by atoms with Crippen LogP contribution in [0.5, 0.6) is 0 Å². The second-order valence-electron chi connectivity index (χ2n) is 6.14. The normalized spacial score (nSPS) is 10.8. The molecular formula is C20H23BrN4O3. The third kappa shape index (κ3) is 5.88. The summed E-state index contributed by atoms with van der Waals surface area (Å²) in [6.45, 7) is 5.76. The highest BCUT2D eigenvalue weighted by Crippen LogP contribution is 2.24. The van der Waals surface area contributed by atoms with Crippen LogP contribution in [-0.4, -0.2) is 30.1 Å². The highest BCUT2D eigenvalue weighted by molar-refractivity contribution is 9.10. The van der Waals surface area contributed by atoms with E-state index in [0.29, 0.717) is 11.1 Å². The molecule has 2 rings (SSSR count). The third-order valence-electron chi connectivity index (χ3n) is 4.20. The van der Waals surface area contributed by atoms with Crippen LogP contribution < -0.4 is 10.3 Å². The summed E-state index contributed by atoms with van der Waals surface area (Å²) >= 11 is 3.32. The molecule has 0 aliphatic heterocycles. The van der Waals surface area contributed by atoms with Gasteiger partial charge in [0.05, 0.1) is 11.1 Å². The molecule has 28 heavy (non-hydrogen) atoms. The van der Waals surface area contributed by atoms with Gasteiger partial charge in [0.25, 0.3) is 11.6 Å². The number of amides is 1. The summed E-state index contributed by atoms with van der Waals surface area (Å²) in [6, 6.07) is 11.6. The molecule has 2 aromatic rings. The number of rotatable bonds is 9. The van der Waals surface area contributed by atoms with Crippen molar-refractivity contribution in [1.82, 2.24) is 5.43 Å². The SMILES string of the molecule is CCCCN(CC)c1ccc([N+](=O)[O-])cc1C=NNC(=O)c1ccc(Br)cc1. The number of hydrazone groups is 1. The van der Waals surface area contributed by atoms with Gasteiger partial charge < -0.3 is 4.90 Å². The van der Waals surface area contributed by atoms with Crippen LogP contribution in [0.2, 0.25) is 0 Å². The maximum absolute atomic E-state index is 12.2. The molecule has 0 fully saturated rings. The first-order chi connectivity index (χ1) is 13.5. The number of non-ortho nitro benzene ring substituents is 1. The highest BCUT2D eigenvalue weighted by Gasteiger charge is 2.14. The van der Waals surface area contributed by atoms with Gasteiger partial charge in [-0.05, 0) is 43.7 Å². The van der Waals surface area contributed by atoms with Gasteiger partial charge in [-0.25, -0.2) is 5.43 Å². The van der Waals surface area contributed by atoms with Gasteiger partial charge in [-0.1, -0.05) is 29.3 Å². The molecule has 0 aliphatic carbocycles. The molecule has 0 heterocycles. The van der Waals surface area contributed by atoms with E-state index < -0.39 is 4.92 Å². The van der Waals surface area contributed by atoms with E-state index in [1.54, 1.807) is 30.3 Å².